The zero-order valence-corrected chi connectivity index (χ0v) is 14.6. The standard InChI is InChI=1S/C18H29NO4/c1-5-22-16-10-14(6-7-15(16)21-4)11-19-13-18(20)8-9-23-17(2,3)12-18/h6-7,10,19-20H,5,8-9,11-13H2,1-4H3/t18-/m1/s1. The van der Waals surface area contributed by atoms with Crippen LogP contribution in [0, 0.1) is 0 Å². The molecule has 0 aliphatic carbocycles. The summed E-state index contributed by atoms with van der Waals surface area (Å²) in [7, 11) is 1.64. The predicted octanol–water partition coefficient (Wildman–Crippen LogP) is 2.50. The highest BCUT2D eigenvalue weighted by Gasteiger charge is 2.38. The van der Waals surface area contributed by atoms with E-state index in [-0.39, 0.29) is 5.60 Å². The van der Waals surface area contributed by atoms with Crippen LogP contribution in [0.4, 0.5) is 0 Å². The lowest BCUT2D eigenvalue weighted by molar-refractivity contribution is -0.142. The number of methoxy groups -OCH3 is 1. The molecule has 0 amide bonds. The fourth-order valence-corrected chi connectivity index (χ4v) is 3.14. The summed E-state index contributed by atoms with van der Waals surface area (Å²) in [6, 6.07) is 5.90. The van der Waals surface area contributed by atoms with Crippen molar-refractivity contribution in [2.45, 2.75) is 51.4 Å². The van der Waals surface area contributed by atoms with Crippen LogP contribution in [0.5, 0.6) is 11.5 Å². The molecule has 0 saturated carbocycles. The highest BCUT2D eigenvalue weighted by Crippen LogP contribution is 2.32. The van der Waals surface area contributed by atoms with Gasteiger partial charge in [0.15, 0.2) is 11.5 Å². The van der Waals surface area contributed by atoms with Crippen LogP contribution in [0.2, 0.25) is 0 Å². The van der Waals surface area contributed by atoms with E-state index in [0.717, 1.165) is 17.1 Å². The molecule has 2 rings (SSSR count). The lowest BCUT2D eigenvalue weighted by Gasteiger charge is -2.41. The Morgan fingerprint density at radius 2 is 2.09 bits per heavy atom. The molecule has 5 nitrogen and oxygen atoms in total. The van der Waals surface area contributed by atoms with Gasteiger partial charge in [-0.05, 0) is 38.5 Å². The van der Waals surface area contributed by atoms with Crippen molar-refractivity contribution in [1.29, 1.82) is 0 Å². The summed E-state index contributed by atoms with van der Waals surface area (Å²) in [5, 5.41) is 14.1. The van der Waals surface area contributed by atoms with Crippen LogP contribution in [0.25, 0.3) is 0 Å². The lowest BCUT2D eigenvalue weighted by Crippen LogP contribution is -2.51. The van der Waals surface area contributed by atoms with Crippen molar-refractivity contribution in [3.63, 3.8) is 0 Å². The van der Waals surface area contributed by atoms with Gasteiger partial charge in [-0.1, -0.05) is 6.07 Å². The maximum absolute atomic E-state index is 10.7. The molecule has 0 radical (unpaired) electrons. The van der Waals surface area contributed by atoms with Crippen LogP contribution >= 0.6 is 0 Å². The first-order valence-electron chi connectivity index (χ1n) is 8.24. The molecule has 0 aromatic heterocycles. The van der Waals surface area contributed by atoms with E-state index in [1.165, 1.54) is 0 Å². The number of hydrogen-bond acceptors (Lipinski definition) is 5. The molecule has 1 heterocycles. The first-order valence-corrected chi connectivity index (χ1v) is 8.24. The van der Waals surface area contributed by atoms with Crippen molar-refractivity contribution < 1.29 is 19.3 Å². The quantitative estimate of drug-likeness (QED) is 0.807. The van der Waals surface area contributed by atoms with Crippen LogP contribution in [0.15, 0.2) is 18.2 Å². The second-order valence-electron chi connectivity index (χ2n) is 6.78. The van der Waals surface area contributed by atoms with Gasteiger partial charge in [0.05, 0.1) is 31.5 Å². The monoisotopic (exact) mass is 323 g/mol. The van der Waals surface area contributed by atoms with Crippen LogP contribution < -0.4 is 14.8 Å². The van der Waals surface area contributed by atoms with E-state index in [1.54, 1.807) is 7.11 Å². The molecular formula is C18H29NO4. The van der Waals surface area contributed by atoms with E-state index in [1.807, 2.05) is 39.0 Å². The molecule has 1 aliphatic heterocycles. The maximum atomic E-state index is 10.7. The zero-order chi connectivity index (χ0) is 16.9. The Hall–Kier alpha value is -1.30. The SMILES string of the molecule is CCOc1cc(CNC[C@@]2(O)CCOC(C)(C)C2)ccc1OC. The first-order chi connectivity index (χ1) is 10.9. The molecule has 1 saturated heterocycles. The van der Waals surface area contributed by atoms with E-state index in [0.29, 0.717) is 39.1 Å². The molecule has 2 N–H and O–H groups in total. The molecule has 1 fully saturated rings. The van der Waals surface area contributed by atoms with Gasteiger partial charge in [-0.25, -0.2) is 0 Å². The summed E-state index contributed by atoms with van der Waals surface area (Å²) in [5.74, 6) is 1.49. The molecule has 1 aromatic rings. The first kappa shape index (κ1) is 18.0. The summed E-state index contributed by atoms with van der Waals surface area (Å²) in [6.07, 6.45) is 1.30. The Morgan fingerprint density at radius 3 is 2.74 bits per heavy atom. The molecule has 1 aromatic carbocycles. The van der Waals surface area contributed by atoms with Gasteiger partial charge in [-0.2, -0.15) is 0 Å². The summed E-state index contributed by atoms with van der Waals surface area (Å²) in [4.78, 5) is 0. The Bertz CT molecular complexity index is 518. The van der Waals surface area contributed by atoms with Gasteiger partial charge in [0.25, 0.3) is 0 Å². The molecule has 23 heavy (non-hydrogen) atoms. The van der Waals surface area contributed by atoms with Crippen molar-refractivity contribution in [1.82, 2.24) is 5.32 Å². The van der Waals surface area contributed by atoms with Gasteiger partial charge in [-0.15, -0.1) is 0 Å². The summed E-state index contributed by atoms with van der Waals surface area (Å²) < 4.78 is 16.6. The number of nitrogens with one attached hydrogen (secondary N) is 1. The van der Waals surface area contributed by atoms with Gasteiger partial charge < -0.3 is 24.6 Å². The van der Waals surface area contributed by atoms with Crippen LogP contribution in [-0.4, -0.2) is 43.2 Å². The molecule has 5 heteroatoms. The number of aliphatic hydroxyl groups is 1. The summed E-state index contributed by atoms with van der Waals surface area (Å²) >= 11 is 0. The Morgan fingerprint density at radius 1 is 1.30 bits per heavy atom. The van der Waals surface area contributed by atoms with E-state index in [9.17, 15) is 5.11 Å². The van der Waals surface area contributed by atoms with Gasteiger partial charge in [0, 0.05) is 25.9 Å². The minimum atomic E-state index is -0.711. The van der Waals surface area contributed by atoms with E-state index in [4.69, 9.17) is 14.2 Å². The van der Waals surface area contributed by atoms with Gasteiger partial charge in [0.2, 0.25) is 0 Å². The average molecular weight is 323 g/mol. The molecule has 130 valence electrons. The van der Waals surface area contributed by atoms with Crippen molar-refractivity contribution in [2.75, 3.05) is 26.9 Å². The van der Waals surface area contributed by atoms with Gasteiger partial charge in [-0.3, -0.25) is 0 Å². The average Bonchev–Trinajstić information content (AvgIpc) is 2.46. The molecule has 1 atom stereocenters. The van der Waals surface area contributed by atoms with Crippen LogP contribution in [0.1, 0.15) is 39.2 Å². The molecular weight excluding hydrogens is 294 g/mol. The molecule has 0 spiro atoms. The Balaban J connectivity index is 1.92. The topological polar surface area (TPSA) is 60.0 Å². The second-order valence-corrected chi connectivity index (χ2v) is 6.78. The highest BCUT2D eigenvalue weighted by molar-refractivity contribution is 5.42. The second kappa shape index (κ2) is 7.51. The molecule has 0 unspecified atom stereocenters. The normalized spacial score (nSPS) is 23.5. The van der Waals surface area contributed by atoms with Gasteiger partial charge in [0.1, 0.15) is 0 Å². The molecule has 1 aliphatic rings. The smallest absolute Gasteiger partial charge is 0.161 e. The summed E-state index contributed by atoms with van der Waals surface area (Å²) in [6.45, 7) is 8.42. The summed E-state index contributed by atoms with van der Waals surface area (Å²) in [5.41, 5.74) is 0.123. The third kappa shape index (κ3) is 5.09. The van der Waals surface area contributed by atoms with Crippen molar-refractivity contribution in [3.8, 4) is 11.5 Å². The number of rotatable bonds is 7. The maximum Gasteiger partial charge on any atom is 0.161 e. The largest absolute Gasteiger partial charge is 0.493 e. The van der Waals surface area contributed by atoms with Crippen LogP contribution in [0.3, 0.4) is 0 Å². The van der Waals surface area contributed by atoms with Crippen molar-refractivity contribution in [2.24, 2.45) is 0 Å². The predicted molar refractivity (Wildman–Crippen MR) is 90.1 cm³/mol. The number of ether oxygens (including phenoxy) is 3. The third-order valence-electron chi connectivity index (χ3n) is 4.13. The minimum Gasteiger partial charge on any atom is -0.493 e. The van der Waals surface area contributed by atoms with Crippen LogP contribution in [-0.2, 0) is 11.3 Å². The van der Waals surface area contributed by atoms with E-state index in [2.05, 4.69) is 5.32 Å². The van der Waals surface area contributed by atoms with Crippen molar-refractivity contribution >= 4 is 0 Å². The van der Waals surface area contributed by atoms with E-state index < -0.39 is 5.60 Å². The molecule has 0 bridgehead atoms. The number of hydrogen-bond donors (Lipinski definition) is 2. The Kier molecular flexibility index (Phi) is 5.89. The lowest BCUT2D eigenvalue weighted by atomic mass is 9.84. The van der Waals surface area contributed by atoms with Gasteiger partial charge >= 0.3 is 0 Å². The Labute approximate surface area is 138 Å². The van der Waals surface area contributed by atoms with E-state index >= 15 is 0 Å². The highest BCUT2D eigenvalue weighted by atomic mass is 16.5. The number of benzene rings is 1. The third-order valence-corrected chi connectivity index (χ3v) is 4.13. The fourth-order valence-electron chi connectivity index (χ4n) is 3.14. The zero-order valence-electron chi connectivity index (χ0n) is 14.6. The minimum absolute atomic E-state index is 0.267. The fraction of sp³-hybridized carbons (Fsp3) is 0.667. The van der Waals surface area contributed by atoms with Crippen molar-refractivity contribution in [3.05, 3.63) is 23.8 Å².